The number of hydrogen-bond donors (Lipinski definition) is 1. The molecule has 0 atom stereocenters. The second-order valence-corrected chi connectivity index (χ2v) is 5.62. The maximum absolute atomic E-state index is 12.4. The second kappa shape index (κ2) is 6.23. The fourth-order valence-corrected chi connectivity index (χ4v) is 2.43. The van der Waals surface area contributed by atoms with Crippen LogP contribution in [0.2, 0.25) is 0 Å². The normalized spacial score (nSPS) is 11.0. The second-order valence-electron chi connectivity index (χ2n) is 5.62. The summed E-state index contributed by atoms with van der Waals surface area (Å²) in [5.41, 5.74) is 2.95. The van der Waals surface area contributed by atoms with Crippen LogP contribution in [0.4, 0.5) is 5.69 Å². The Hall–Kier alpha value is -3.03. The van der Waals surface area contributed by atoms with Gasteiger partial charge in [0.2, 0.25) is 5.91 Å². The van der Waals surface area contributed by atoms with Crippen molar-refractivity contribution in [1.29, 1.82) is 0 Å². The highest BCUT2D eigenvalue weighted by atomic mass is 16.2. The van der Waals surface area contributed by atoms with Crippen molar-refractivity contribution in [2.45, 2.75) is 33.9 Å². The highest BCUT2D eigenvalue weighted by molar-refractivity contribution is 5.91. The van der Waals surface area contributed by atoms with Crippen LogP contribution in [-0.2, 0) is 17.9 Å². The molecule has 0 unspecified atom stereocenters. The minimum Gasteiger partial charge on any atom is -0.324 e. The molecule has 2 aromatic heterocycles. The molecule has 0 saturated carbocycles. The van der Waals surface area contributed by atoms with Gasteiger partial charge in [0.1, 0.15) is 12.9 Å². The number of aryl methyl sites for hydroxylation is 3. The van der Waals surface area contributed by atoms with E-state index in [0.29, 0.717) is 12.2 Å². The predicted molar refractivity (Wildman–Crippen MR) is 89.8 cm³/mol. The van der Waals surface area contributed by atoms with Crippen LogP contribution in [-0.4, -0.2) is 30.5 Å². The number of amides is 1. The van der Waals surface area contributed by atoms with Crippen LogP contribution in [0, 0.1) is 13.8 Å². The van der Waals surface area contributed by atoms with E-state index in [1.807, 2.05) is 39.0 Å². The van der Waals surface area contributed by atoms with Crippen LogP contribution in [0.15, 0.2) is 29.3 Å². The number of nitrogens with zero attached hydrogens (tertiary/aromatic N) is 5. The number of carbonyl (C=O) groups is 1. The number of rotatable bonds is 4. The van der Waals surface area contributed by atoms with Crippen LogP contribution >= 0.6 is 0 Å². The molecule has 8 nitrogen and oxygen atoms in total. The molecule has 1 N–H and O–H groups in total. The smallest absolute Gasteiger partial charge is 0.283 e. The SMILES string of the molecule is CCn1nnc2c(=O)n(CC(=O)Nc3cc(C)ccc3C)cnc21. The Bertz CT molecular complexity index is 972. The molecule has 3 aromatic rings. The lowest BCUT2D eigenvalue weighted by atomic mass is 10.1. The number of carbonyl (C=O) groups excluding carboxylic acids is 1. The first-order valence-electron chi connectivity index (χ1n) is 7.65. The first-order chi connectivity index (χ1) is 11.5. The molecule has 2 heterocycles. The van der Waals surface area contributed by atoms with Crippen LogP contribution in [0.5, 0.6) is 0 Å². The zero-order chi connectivity index (χ0) is 17.3. The number of aromatic nitrogens is 5. The molecule has 0 aliphatic heterocycles. The van der Waals surface area contributed by atoms with Crippen molar-refractivity contribution in [1.82, 2.24) is 24.5 Å². The van der Waals surface area contributed by atoms with E-state index in [-0.39, 0.29) is 23.5 Å². The number of nitrogens with one attached hydrogen (secondary N) is 1. The van der Waals surface area contributed by atoms with Crippen LogP contribution < -0.4 is 10.9 Å². The third-order valence-corrected chi connectivity index (χ3v) is 3.77. The molecule has 24 heavy (non-hydrogen) atoms. The van der Waals surface area contributed by atoms with Gasteiger partial charge in [-0.2, -0.15) is 0 Å². The average Bonchev–Trinajstić information content (AvgIpc) is 2.97. The highest BCUT2D eigenvalue weighted by Crippen LogP contribution is 2.16. The number of benzene rings is 1. The molecule has 8 heteroatoms. The maximum atomic E-state index is 12.4. The molecular formula is C16H18N6O2. The fraction of sp³-hybridized carbons (Fsp3) is 0.312. The number of anilines is 1. The van der Waals surface area contributed by atoms with Gasteiger partial charge in [-0.25, -0.2) is 9.67 Å². The molecule has 0 radical (unpaired) electrons. The molecule has 1 aromatic carbocycles. The van der Waals surface area contributed by atoms with E-state index >= 15 is 0 Å². The summed E-state index contributed by atoms with van der Waals surface area (Å²) in [6.07, 6.45) is 1.35. The summed E-state index contributed by atoms with van der Waals surface area (Å²) < 4.78 is 2.77. The Morgan fingerprint density at radius 3 is 2.83 bits per heavy atom. The topological polar surface area (TPSA) is 94.7 Å². The zero-order valence-corrected chi connectivity index (χ0v) is 13.8. The van der Waals surface area contributed by atoms with Crippen molar-refractivity contribution < 1.29 is 4.79 Å². The van der Waals surface area contributed by atoms with Crippen molar-refractivity contribution in [3.63, 3.8) is 0 Å². The first-order valence-corrected chi connectivity index (χ1v) is 7.65. The lowest BCUT2D eigenvalue weighted by Gasteiger charge is -2.10. The van der Waals surface area contributed by atoms with E-state index in [1.165, 1.54) is 15.6 Å². The van der Waals surface area contributed by atoms with Gasteiger partial charge in [0.25, 0.3) is 5.56 Å². The Balaban J connectivity index is 1.84. The van der Waals surface area contributed by atoms with E-state index < -0.39 is 0 Å². The minimum atomic E-state index is -0.379. The van der Waals surface area contributed by atoms with Gasteiger partial charge >= 0.3 is 0 Å². The molecule has 124 valence electrons. The minimum absolute atomic E-state index is 0.131. The van der Waals surface area contributed by atoms with E-state index in [4.69, 9.17) is 0 Å². The van der Waals surface area contributed by atoms with Crippen LogP contribution in [0.3, 0.4) is 0 Å². The van der Waals surface area contributed by atoms with Gasteiger partial charge in [-0.15, -0.1) is 5.10 Å². The predicted octanol–water partition coefficient (Wildman–Crippen LogP) is 1.26. The Labute approximate surface area is 138 Å². The molecular weight excluding hydrogens is 308 g/mol. The van der Waals surface area contributed by atoms with E-state index in [0.717, 1.165) is 16.8 Å². The molecule has 0 saturated heterocycles. The molecule has 0 aliphatic rings. The van der Waals surface area contributed by atoms with Gasteiger partial charge in [0, 0.05) is 12.2 Å². The van der Waals surface area contributed by atoms with Crippen molar-refractivity contribution >= 4 is 22.8 Å². The monoisotopic (exact) mass is 326 g/mol. The van der Waals surface area contributed by atoms with Crippen molar-refractivity contribution in [2.75, 3.05) is 5.32 Å². The summed E-state index contributed by atoms with van der Waals surface area (Å²) in [4.78, 5) is 28.8. The summed E-state index contributed by atoms with van der Waals surface area (Å²) in [5.74, 6) is -0.296. The summed E-state index contributed by atoms with van der Waals surface area (Å²) in [5, 5.41) is 10.5. The molecule has 0 bridgehead atoms. The molecule has 0 spiro atoms. The van der Waals surface area contributed by atoms with Crippen molar-refractivity contribution in [3.8, 4) is 0 Å². The lowest BCUT2D eigenvalue weighted by Crippen LogP contribution is -2.28. The number of fused-ring (bicyclic) bond motifs is 1. The Kier molecular flexibility index (Phi) is 4.11. The van der Waals surface area contributed by atoms with Crippen LogP contribution in [0.25, 0.3) is 11.2 Å². The number of hydrogen-bond acceptors (Lipinski definition) is 5. The summed E-state index contributed by atoms with van der Waals surface area (Å²) in [6, 6.07) is 5.81. The summed E-state index contributed by atoms with van der Waals surface area (Å²) in [6.45, 7) is 6.19. The third kappa shape index (κ3) is 2.90. The van der Waals surface area contributed by atoms with Crippen molar-refractivity contribution in [3.05, 3.63) is 46.0 Å². The van der Waals surface area contributed by atoms with Gasteiger partial charge in [0.15, 0.2) is 11.2 Å². The average molecular weight is 326 g/mol. The van der Waals surface area contributed by atoms with E-state index in [9.17, 15) is 9.59 Å². The van der Waals surface area contributed by atoms with Crippen molar-refractivity contribution in [2.24, 2.45) is 0 Å². The fourth-order valence-electron chi connectivity index (χ4n) is 2.43. The van der Waals surface area contributed by atoms with Gasteiger partial charge in [-0.3, -0.25) is 14.2 Å². The largest absolute Gasteiger partial charge is 0.324 e. The molecule has 0 fully saturated rings. The first kappa shape index (κ1) is 15.9. The summed E-state index contributed by atoms with van der Waals surface area (Å²) in [7, 11) is 0. The highest BCUT2D eigenvalue weighted by Gasteiger charge is 2.13. The van der Waals surface area contributed by atoms with Crippen LogP contribution in [0.1, 0.15) is 18.1 Å². The molecule has 0 aliphatic carbocycles. The molecule has 1 amide bonds. The quantitative estimate of drug-likeness (QED) is 0.779. The maximum Gasteiger partial charge on any atom is 0.283 e. The molecule has 3 rings (SSSR count). The third-order valence-electron chi connectivity index (χ3n) is 3.77. The van der Waals surface area contributed by atoms with Gasteiger partial charge in [-0.05, 0) is 38.0 Å². The lowest BCUT2D eigenvalue weighted by molar-refractivity contribution is -0.116. The van der Waals surface area contributed by atoms with Gasteiger partial charge < -0.3 is 5.32 Å². The van der Waals surface area contributed by atoms with Gasteiger partial charge in [-0.1, -0.05) is 17.3 Å². The zero-order valence-electron chi connectivity index (χ0n) is 13.8. The Morgan fingerprint density at radius 2 is 2.08 bits per heavy atom. The Morgan fingerprint density at radius 1 is 1.29 bits per heavy atom. The summed E-state index contributed by atoms with van der Waals surface area (Å²) >= 11 is 0. The standard InChI is InChI=1S/C16H18N6O2/c1-4-22-15-14(19-20-22)16(24)21(9-17-15)8-13(23)18-12-7-10(2)5-6-11(12)3/h5-7,9H,4,8H2,1-3H3,(H,18,23). The van der Waals surface area contributed by atoms with E-state index in [1.54, 1.807) is 0 Å². The van der Waals surface area contributed by atoms with E-state index in [2.05, 4.69) is 20.6 Å². The van der Waals surface area contributed by atoms with Gasteiger partial charge in [0.05, 0.1) is 0 Å².